The molecular formula is C29H28N2O4. The molecule has 4 aromatic rings. The summed E-state index contributed by atoms with van der Waals surface area (Å²) in [6.07, 6.45) is 4.60. The summed E-state index contributed by atoms with van der Waals surface area (Å²) in [5.74, 6) is 1.29. The second kappa shape index (κ2) is 10.6. The number of fused-ring (bicyclic) bond motifs is 1. The van der Waals surface area contributed by atoms with Crippen LogP contribution in [0.1, 0.15) is 65.1 Å². The van der Waals surface area contributed by atoms with E-state index in [9.17, 15) is 4.79 Å². The Kier molecular flexibility index (Phi) is 6.89. The Balaban J connectivity index is 1.33. The van der Waals surface area contributed by atoms with Crippen LogP contribution in [0.5, 0.6) is 5.75 Å². The summed E-state index contributed by atoms with van der Waals surface area (Å²) >= 11 is 0. The van der Waals surface area contributed by atoms with Crippen molar-refractivity contribution in [1.29, 1.82) is 0 Å². The van der Waals surface area contributed by atoms with Crippen LogP contribution in [0, 0.1) is 0 Å². The normalized spacial score (nSPS) is 15.1. The fourth-order valence-electron chi connectivity index (χ4n) is 5.05. The number of benzene rings is 3. The van der Waals surface area contributed by atoms with E-state index in [0.29, 0.717) is 29.8 Å². The molecular weight excluding hydrogens is 440 g/mol. The Bertz CT molecular complexity index is 1230. The molecule has 6 heteroatoms. The maximum atomic E-state index is 10.9. The van der Waals surface area contributed by atoms with Crippen LogP contribution in [0.2, 0.25) is 0 Å². The molecule has 0 saturated heterocycles. The number of carboxylic acid groups (broad SMARTS) is 1. The molecule has 0 saturated carbocycles. The molecule has 35 heavy (non-hydrogen) atoms. The lowest BCUT2D eigenvalue weighted by Crippen LogP contribution is -2.15. The van der Waals surface area contributed by atoms with Crippen molar-refractivity contribution in [3.8, 4) is 5.75 Å². The average molecular weight is 469 g/mol. The summed E-state index contributed by atoms with van der Waals surface area (Å²) in [5.41, 5.74) is 4.62. The van der Waals surface area contributed by atoms with E-state index < -0.39 is 5.97 Å². The monoisotopic (exact) mass is 468 g/mol. The number of aliphatic carboxylic acids is 1. The van der Waals surface area contributed by atoms with Crippen molar-refractivity contribution in [3.63, 3.8) is 0 Å². The van der Waals surface area contributed by atoms with E-state index in [1.807, 2.05) is 48.5 Å². The quantitative estimate of drug-likeness (QED) is 0.336. The van der Waals surface area contributed by atoms with Gasteiger partial charge in [-0.05, 0) is 59.9 Å². The van der Waals surface area contributed by atoms with Gasteiger partial charge in [-0.25, -0.2) is 4.79 Å². The maximum Gasteiger partial charge on any atom is 0.341 e. The van der Waals surface area contributed by atoms with Crippen LogP contribution in [0.15, 0.2) is 83.4 Å². The standard InChI is InChI=1S/C29H28N2O4/c32-27(33)19-34-25-16-8-14-23-20(13-7-15-24(23)25)17-18-26-30-29(31-35-26)28(21-9-3-1-4-10-21)22-11-5-2-6-12-22/h1-6,8-12,14,16,20,28H,7,13,15,17-19H2,(H,32,33). The third kappa shape index (κ3) is 5.27. The van der Waals surface area contributed by atoms with Gasteiger partial charge in [0.1, 0.15) is 5.75 Å². The summed E-state index contributed by atoms with van der Waals surface area (Å²) in [7, 11) is 0. The predicted octanol–water partition coefficient (Wildman–Crippen LogP) is 5.77. The molecule has 3 aromatic carbocycles. The average Bonchev–Trinajstić information content (AvgIpc) is 3.36. The second-order valence-corrected chi connectivity index (χ2v) is 8.93. The van der Waals surface area contributed by atoms with Crippen molar-refractivity contribution in [2.24, 2.45) is 0 Å². The van der Waals surface area contributed by atoms with Gasteiger partial charge in [0.25, 0.3) is 0 Å². The molecule has 0 amide bonds. The summed E-state index contributed by atoms with van der Waals surface area (Å²) in [6.45, 7) is -0.324. The highest BCUT2D eigenvalue weighted by Gasteiger charge is 2.25. The fraction of sp³-hybridized carbons (Fsp3) is 0.276. The smallest absolute Gasteiger partial charge is 0.341 e. The van der Waals surface area contributed by atoms with Crippen LogP contribution in [-0.4, -0.2) is 27.8 Å². The third-order valence-corrected chi connectivity index (χ3v) is 6.65. The van der Waals surface area contributed by atoms with Gasteiger partial charge in [0.05, 0.1) is 5.92 Å². The molecule has 1 N–H and O–H groups in total. The molecule has 178 valence electrons. The molecule has 1 heterocycles. The first-order chi connectivity index (χ1) is 17.2. The molecule has 1 aliphatic rings. The van der Waals surface area contributed by atoms with Crippen LogP contribution >= 0.6 is 0 Å². The summed E-state index contributed by atoms with van der Waals surface area (Å²) in [6, 6.07) is 26.4. The first-order valence-corrected chi connectivity index (χ1v) is 12.1. The Morgan fingerprint density at radius 3 is 2.40 bits per heavy atom. The lowest BCUT2D eigenvalue weighted by molar-refractivity contribution is -0.139. The number of hydrogen-bond donors (Lipinski definition) is 1. The van der Waals surface area contributed by atoms with Gasteiger partial charge in [-0.3, -0.25) is 0 Å². The van der Waals surface area contributed by atoms with E-state index >= 15 is 0 Å². The molecule has 1 unspecified atom stereocenters. The molecule has 0 bridgehead atoms. The fourth-order valence-corrected chi connectivity index (χ4v) is 5.05. The number of rotatable bonds is 9. The predicted molar refractivity (Wildman–Crippen MR) is 132 cm³/mol. The lowest BCUT2D eigenvalue weighted by atomic mass is 9.80. The van der Waals surface area contributed by atoms with Gasteiger partial charge in [0, 0.05) is 6.42 Å². The van der Waals surface area contributed by atoms with E-state index in [1.54, 1.807) is 0 Å². The molecule has 0 radical (unpaired) electrons. The van der Waals surface area contributed by atoms with Crippen molar-refractivity contribution in [1.82, 2.24) is 10.1 Å². The van der Waals surface area contributed by atoms with Crippen molar-refractivity contribution >= 4 is 5.97 Å². The molecule has 1 aliphatic carbocycles. The van der Waals surface area contributed by atoms with Crippen LogP contribution in [0.3, 0.4) is 0 Å². The number of aryl methyl sites for hydroxylation is 1. The molecule has 0 aliphatic heterocycles. The van der Waals surface area contributed by atoms with E-state index in [-0.39, 0.29) is 12.5 Å². The number of nitrogens with zero attached hydrogens (tertiary/aromatic N) is 2. The molecule has 5 rings (SSSR count). The zero-order valence-electron chi connectivity index (χ0n) is 19.5. The number of hydrogen-bond acceptors (Lipinski definition) is 5. The van der Waals surface area contributed by atoms with Crippen LogP contribution < -0.4 is 4.74 Å². The highest BCUT2D eigenvalue weighted by atomic mass is 16.5. The van der Waals surface area contributed by atoms with Crippen molar-refractivity contribution in [3.05, 3.63) is 113 Å². The molecule has 0 spiro atoms. The molecule has 6 nitrogen and oxygen atoms in total. The third-order valence-electron chi connectivity index (χ3n) is 6.65. The lowest BCUT2D eigenvalue weighted by Gasteiger charge is -2.26. The minimum Gasteiger partial charge on any atom is -0.482 e. The molecule has 1 aromatic heterocycles. The zero-order valence-corrected chi connectivity index (χ0v) is 19.5. The topological polar surface area (TPSA) is 85.5 Å². The summed E-state index contributed by atoms with van der Waals surface area (Å²) in [5, 5.41) is 13.3. The van der Waals surface area contributed by atoms with Gasteiger partial charge in [-0.15, -0.1) is 0 Å². The first kappa shape index (κ1) is 22.8. The van der Waals surface area contributed by atoms with Gasteiger partial charge >= 0.3 is 5.97 Å². The van der Waals surface area contributed by atoms with Crippen molar-refractivity contribution < 1.29 is 19.2 Å². The zero-order chi connectivity index (χ0) is 24.0. The van der Waals surface area contributed by atoms with E-state index in [1.165, 1.54) is 5.56 Å². The largest absolute Gasteiger partial charge is 0.482 e. The Morgan fingerprint density at radius 1 is 1.00 bits per heavy atom. The second-order valence-electron chi connectivity index (χ2n) is 8.93. The van der Waals surface area contributed by atoms with Crippen molar-refractivity contribution in [2.75, 3.05) is 6.61 Å². The SMILES string of the molecule is O=C(O)COc1cccc2c1CCCC2CCc1nc(C(c2ccccc2)c2ccccc2)no1. The number of carboxylic acids is 1. The minimum atomic E-state index is -0.966. The maximum absolute atomic E-state index is 10.9. The van der Waals surface area contributed by atoms with Crippen LogP contribution in [-0.2, 0) is 17.6 Å². The molecule has 1 atom stereocenters. The van der Waals surface area contributed by atoms with Gasteiger partial charge in [0.2, 0.25) is 5.89 Å². The highest BCUT2D eigenvalue weighted by molar-refractivity contribution is 5.68. The van der Waals surface area contributed by atoms with Gasteiger partial charge in [-0.1, -0.05) is 78.0 Å². The molecule has 0 fully saturated rings. The minimum absolute atomic E-state index is 0.0840. The van der Waals surface area contributed by atoms with Gasteiger partial charge in [-0.2, -0.15) is 4.98 Å². The Labute approximate surface area is 204 Å². The van der Waals surface area contributed by atoms with Crippen LogP contribution in [0.4, 0.5) is 0 Å². The van der Waals surface area contributed by atoms with E-state index in [2.05, 4.69) is 35.5 Å². The summed E-state index contributed by atoms with van der Waals surface area (Å²) < 4.78 is 11.3. The number of aromatic nitrogens is 2. The van der Waals surface area contributed by atoms with Crippen molar-refractivity contribution in [2.45, 2.75) is 43.9 Å². The summed E-state index contributed by atoms with van der Waals surface area (Å²) in [4.78, 5) is 15.7. The Morgan fingerprint density at radius 2 is 1.71 bits per heavy atom. The number of carbonyl (C=O) groups is 1. The highest BCUT2D eigenvalue weighted by Crippen LogP contribution is 2.39. The van der Waals surface area contributed by atoms with Gasteiger partial charge < -0.3 is 14.4 Å². The van der Waals surface area contributed by atoms with E-state index in [0.717, 1.165) is 42.4 Å². The van der Waals surface area contributed by atoms with E-state index in [4.69, 9.17) is 19.4 Å². The Hall–Kier alpha value is -3.93. The van der Waals surface area contributed by atoms with Crippen LogP contribution in [0.25, 0.3) is 0 Å². The number of ether oxygens (including phenoxy) is 1. The van der Waals surface area contributed by atoms with Gasteiger partial charge in [0.15, 0.2) is 12.4 Å². The first-order valence-electron chi connectivity index (χ1n) is 12.1.